The van der Waals surface area contributed by atoms with E-state index in [-0.39, 0.29) is 5.91 Å². The summed E-state index contributed by atoms with van der Waals surface area (Å²) in [6, 6.07) is 1.71. The number of nitrogens with one attached hydrogen (secondary N) is 2. The number of piperazine rings is 1. The van der Waals surface area contributed by atoms with Gasteiger partial charge in [0.2, 0.25) is 11.8 Å². The molecule has 2 heterocycles. The van der Waals surface area contributed by atoms with Gasteiger partial charge in [0.05, 0.1) is 12.2 Å². The third-order valence-corrected chi connectivity index (χ3v) is 3.31. The van der Waals surface area contributed by atoms with E-state index in [0.29, 0.717) is 12.4 Å². The molecule has 20 heavy (non-hydrogen) atoms. The number of hydrogen-bond donors (Lipinski definition) is 2. The minimum Gasteiger partial charge on any atom is -0.338 e. The van der Waals surface area contributed by atoms with Crippen molar-refractivity contribution in [3.8, 4) is 0 Å². The van der Waals surface area contributed by atoms with E-state index in [1.54, 1.807) is 6.07 Å². The third kappa shape index (κ3) is 4.92. The quantitative estimate of drug-likeness (QED) is 0.749. The minimum atomic E-state index is -0.0797. The second-order valence-electron chi connectivity index (χ2n) is 5.21. The molecular weight excluding hydrogens is 258 g/mol. The highest BCUT2D eigenvalue weighted by Crippen LogP contribution is 2.07. The number of aromatic nitrogens is 1. The average molecular weight is 281 g/mol. The van der Waals surface area contributed by atoms with E-state index in [1.165, 1.54) is 0 Å². The molecule has 2 N–H and O–H groups in total. The molecule has 7 heteroatoms. The zero-order valence-electron chi connectivity index (χ0n) is 12.2. The van der Waals surface area contributed by atoms with E-state index in [9.17, 15) is 4.79 Å². The van der Waals surface area contributed by atoms with Crippen LogP contribution in [0.15, 0.2) is 10.6 Å². The Morgan fingerprint density at radius 3 is 2.95 bits per heavy atom. The monoisotopic (exact) mass is 281 g/mol. The van der Waals surface area contributed by atoms with Gasteiger partial charge in [-0.05, 0) is 14.0 Å². The smallest absolute Gasteiger partial charge is 0.240 e. The van der Waals surface area contributed by atoms with Crippen molar-refractivity contribution in [1.29, 1.82) is 0 Å². The van der Waals surface area contributed by atoms with E-state index in [0.717, 1.165) is 45.0 Å². The molecule has 0 bridgehead atoms. The molecule has 0 unspecified atom stereocenters. The molecule has 0 aliphatic carbocycles. The normalized spacial score (nSPS) is 16.6. The van der Waals surface area contributed by atoms with Gasteiger partial charge in [-0.3, -0.25) is 19.9 Å². The molecule has 2 rings (SSSR count). The van der Waals surface area contributed by atoms with Crippen molar-refractivity contribution in [1.82, 2.24) is 20.3 Å². The summed E-state index contributed by atoms with van der Waals surface area (Å²) in [7, 11) is 1.95. The van der Waals surface area contributed by atoms with Gasteiger partial charge in [-0.2, -0.15) is 0 Å². The Balaban J connectivity index is 1.65. The molecule has 0 saturated carbocycles. The Labute approximate surface area is 119 Å². The maximum absolute atomic E-state index is 11.8. The summed E-state index contributed by atoms with van der Waals surface area (Å²) in [4.78, 5) is 16.2. The first-order valence-corrected chi connectivity index (χ1v) is 6.98. The first-order valence-electron chi connectivity index (χ1n) is 6.98. The number of carbonyl (C=O) groups excluding carboxylic acids is 1. The third-order valence-electron chi connectivity index (χ3n) is 3.31. The average Bonchev–Trinajstić information content (AvgIpc) is 2.83. The lowest BCUT2D eigenvalue weighted by Gasteiger charge is -2.28. The Hall–Kier alpha value is -1.44. The maximum atomic E-state index is 11.8. The number of carbonyl (C=O) groups is 1. The van der Waals surface area contributed by atoms with Gasteiger partial charge < -0.3 is 9.84 Å². The van der Waals surface area contributed by atoms with E-state index in [4.69, 9.17) is 4.52 Å². The molecular formula is C13H23N5O2. The molecule has 1 aliphatic heterocycles. The van der Waals surface area contributed by atoms with Crippen LogP contribution in [0.3, 0.4) is 0 Å². The van der Waals surface area contributed by atoms with Crippen LogP contribution >= 0.6 is 0 Å². The van der Waals surface area contributed by atoms with Gasteiger partial charge in [0, 0.05) is 45.3 Å². The fraction of sp³-hybridized carbons (Fsp3) is 0.692. The van der Waals surface area contributed by atoms with Crippen LogP contribution in [0.5, 0.6) is 0 Å². The molecule has 1 aliphatic rings. The lowest BCUT2D eigenvalue weighted by molar-refractivity contribution is -0.117. The van der Waals surface area contributed by atoms with Crippen molar-refractivity contribution in [3.05, 3.63) is 11.8 Å². The van der Waals surface area contributed by atoms with E-state index >= 15 is 0 Å². The lowest BCUT2D eigenvalue weighted by Crippen LogP contribution is -2.46. The Morgan fingerprint density at radius 2 is 2.30 bits per heavy atom. The largest absolute Gasteiger partial charge is 0.338 e. The minimum absolute atomic E-state index is 0.0797. The first-order chi connectivity index (χ1) is 9.63. The number of rotatable bonds is 6. The molecule has 7 nitrogen and oxygen atoms in total. The predicted octanol–water partition coefficient (Wildman–Crippen LogP) is -0.241. The number of likely N-dealkylation sites (N-methyl/N-ethyl adjacent to an activating group) is 1. The second kappa shape index (κ2) is 7.37. The fourth-order valence-corrected chi connectivity index (χ4v) is 2.17. The summed E-state index contributed by atoms with van der Waals surface area (Å²) in [6.07, 6.45) is 0. The molecule has 1 aromatic heterocycles. The number of amides is 1. The number of aryl methyl sites for hydroxylation is 1. The summed E-state index contributed by atoms with van der Waals surface area (Å²) in [6.45, 7) is 8.30. The highest BCUT2D eigenvalue weighted by Gasteiger charge is 2.12. The van der Waals surface area contributed by atoms with Crippen LogP contribution < -0.4 is 10.6 Å². The van der Waals surface area contributed by atoms with Crippen molar-refractivity contribution >= 4 is 11.8 Å². The van der Waals surface area contributed by atoms with Gasteiger partial charge in [0.1, 0.15) is 0 Å². The van der Waals surface area contributed by atoms with Crippen molar-refractivity contribution < 1.29 is 9.32 Å². The predicted molar refractivity (Wildman–Crippen MR) is 76.7 cm³/mol. The number of hydrogen-bond acceptors (Lipinski definition) is 6. The van der Waals surface area contributed by atoms with Crippen molar-refractivity contribution in [3.63, 3.8) is 0 Å². The fourth-order valence-electron chi connectivity index (χ4n) is 2.17. The topological polar surface area (TPSA) is 73.6 Å². The SMILES string of the molecule is Cc1cc(NC(=O)CN(C)CCN2CCNCC2)on1. The first kappa shape index (κ1) is 15.0. The molecule has 0 atom stereocenters. The molecule has 1 saturated heterocycles. The Kier molecular flexibility index (Phi) is 5.51. The lowest BCUT2D eigenvalue weighted by atomic mass is 10.3. The second-order valence-corrected chi connectivity index (χ2v) is 5.21. The molecule has 0 spiro atoms. The van der Waals surface area contributed by atoms with Gasteiger partial charge in [0.25, 0.3) is 0 Å². The maximum Gasteiger partial charge on any atom is 0.240 e. The van der Waals surface area contributed by atoms with Crippen LogP contribution in [0.2, 0.25) is 0 Å². The molecule has 1 fully saturated rings. The zero-order valence-corrected chi connectivity index (χ0v) is 12.2. The molecule has 112 valence electrons. The van der Waals surface area contributed by atoms with Gasteiger partial charge in [-0.15, -0.1) is 0 Å². The zero-order chi connectivity index (χ0) is 14.4. The number of anilines is 1. The van der Waals surface area contributed by atoms with Crippen LogP contribution in [0, 0.1) is 6.92 Å². The molecule has 1 amide bonds. The molecule has 0 aromatic carbocycles. The van der Waals surface area contributed by atoms with Crippen molar-refractivity contribution in [2.45, 2.75) is 6.92 Å². The Bertz CT molecular complexity index is 428. The Morgan fingerprint density at radius 1 is 1.55 bits per heavy atom. The number of nitrogens with zero attached hydrogens (tertiary/aromatic N) is 3. The van der Waals surface area contributed by atoms with Crippen LogP contribution in [0.1, 0.15) is 5.69 Å². The van der Waals surface area contributed by atoms with Crippen LogP contribution in [0.25, 0.3) is 0 Å². The van der Waals surface area contributed by atoms with Crippen LogP contribution in [-0.4, -0.2) is 73.7 Å². The summed E-state index contributed by atoms with van der Waals surface area (Å²) in [5, 5.41) is 9.76. The van der Waals surface area contributed by atoms with E-state index < -0.39 is 0 Å². The van der Waals surface area contributed by atoms with Crippen molar-refractivity contribution in [2.24, 2.45) is 0 Å². The van der Waals surface area contributed by atoms with Gasteiger partial charge >= 0.3 is 0 Å². The highest BCUT2D eigenvalue weighted by atomic mass is 16.5. The summed E-state index contributed by atoms with van der Waals surface area (Å²) < 4.78 is 4.96. The van der Waals surface area contributed by atoms with Gasteiger partial charge in [-0.1, -0.05) is 5.16 Å². The van der Waals surface area contributed by atoms with E-state index in [1.807, 2.05) is 18.9 Å². The van der Waals surface area contributed by atoms with E-state index in [2.05, 4.69) is 20.7 Å². The summed E-state index contributed by atoms with van der Waals surface area (Å²) in [5.74, 6) is 0.326. The highest BCUT2D eigenvalue weighted by molar-refractivity contribution is 5.90. The van der Waals surface area contributed by atoms with Crippen LogP contribution in [-0.2, 0) is 4.79 Å². The van der Waals surface area contributed by atoms with Crippen molar-refractivity contribution in [2.75, 3.05) is 58.2 Å². The van der Waals surface area contributed by atoms with Gasteiger partial charge in [-0.25, -0.2) is 0 Å². The summed E-state index contributed by atoms with van der Waals surface area (Å²) >= 11 is 0. The van der Waals surface area contributed by atoms with Crippen LogP contribution in [0.4, 0.5) is 5.88 Å². The molecule has 1 aromatic rings. The molecule has 0 radical (unpaired) electrons. The standard InChI is InChI=1S/C13H23N5O2/c1-11-9-13(20-16-11)15-12(19)10-17(2)7-8-18-5-3-14-4-6-18/h9,14H,3-8,10H2,1-2H3,(H,15,19). The summed E-state index contributed by atoms with van der Waals surface area (Å²) in [5.41, 5.74) is 0.757. The van der Waals surface area contributed by atoms with Gasteiger partial charge in [0.15, 0.2) is 0 Å².